The zero-order chi connectivity index (χ0) is 27.8. The molecule has 0 saturated heterocycles. The third-order valence-electron chi connectivity index (χ3n) is 7.05. The van der Waals surface area contributed by atoms with Gasteiger partial charge < -0.3 is 28.4 Å². The monoisotopic (exact) mass is 534 g/mol. The van der Waals surface area contributed by atoms with Crippen molar-refractivity contribution in [2.24, 2.45) is 0 Å². The van der Waals surface area contributed by atoms with E-state index < -0.39 is 0 Å². The summed E-state index contributed by atoms with van der Waals surface area (Å²) in [6, 6.07) is 12.5. The molecule has 0 heterocycles. The highest BCUT2D eigenvalue weighted by Gasteiger charge is 2.19. The van der Waals surface area contributed by atoms with E-state index in [-0.39, 0.29) is 0 Å². The zero-order valence-electron chi connectivity index (χ0n) is 24.3. The Balaban J connectivity index is 2.05. The van der Waals surface area contributed by atoms with Gasteiger partial charge in [0.05, 0.1) is 41.2 Å². The predicted octanol–water partition coefficient (Wildman–Crippen LogP) is 8.71. The maximum absolute atomic E-state index is 6.19. The van der Waals surface area contributed by atoms with E-state index in [0.717, 1.165) is 88.1 Å². The zero-order valence-corrected chi connectivity index (χ0v) is 24.3. The normalized spacial score (nSPS) is 11.2. The molecule has 0 saturated carbocycles. The molecule has 0 aliphatic carbocycles. The Labute approximate surface area is 232 Å². The molecule has 4 aromatic carbocycles. The molecule has 0 fully saturated rings. The van der Waals surface area contributed by atoms with E-state index in [0.29, 0.717) is 37.1 Å². The molecule has 4 aromatic rings. The van der Waals surface area contributed by atoms with Crippen molar-refractivity contribution < 1.29 is 28.4 Å². The number of unbranched alkanes of at least 4 members (excludes halogenated alkanes) is 3. The van der Waals surface area contributed by atoms with Crippen LogP contribution in [0.25, 0.3) is 32.3 Å². The van der Waals surface area contributed by atoms with Crippen LogP contribution < -0.4 is 28.4 Å². The summed E-state index contributed by atoms with van der Waals surface area (Å²) >= 11 is 0. The fourth-order valence-corrected chi connectivity index (χ4v) is 4.81. The molecule has 0 spiro atoms. The van der Waals surface area contributed by atoms with Crippen LogP contribution in [0, 0.1) is 0 Å². The van der Waals surface area contributed by atoms with Crippen molar-refractivity contribution in [1.29, 1.82) is 0 Å². The first kappa shape index (κ1) is 28.5. The van der Waals surface area contributed by atoms with E-state index in [9.17, 15) is 0 Å². The number of methoxy groups -OCH3 is 3. The first-order valence-corrected chi connectivity index (χ1v) is 14.2. The standard InChI is InChI=1S/C33H42O6/c1-7-10-13-37-31-19-25-22(16-28(31)34-4)23-17-29(35-5)32(38-14-11-8-2)20-26(23)27-21-33(39-15-12-9-3)30(36-6)18-24(25)27/h16-21H,7-15H2,1-6H3. The molecule has 0 aliphatic rings. The topological polar surface area (TPSA) is 55.4 Å². The Morgan fingerprint density at radius 1 is 0.385 bits per heavy atom. The Morgan fingerprint density at radius 3 is 0.821 bits per heavy atom. The highest BCUT2D eigenvalue weighted by atomic mass is 16.5. The number of rotatable bonds is 15. The van der Waals surface area contributed by atoms with Crippen LogP contribution in [0.4, 0.5) is 0 Å². The molecule has 0 amide bonds. The fourth-order valence-electron chi connectivity index (χ4n) is 4.81. The molecule has 0 unspecified atom stereocenters. The minimum atomic E-state index is 0.634. The summed E-state index contributed by atoms with van der Waals surface area (Å²) in [6.07, 6.45) is 6.11. The van der Waals surface area contributed by atoms with E-state index in [2.05, 4.69) is 57.2 Å². The van der Waals surface area contributed by atoms with Crippen molar-refractivity contribution in [2.75, 3.05) is 41.2 Å². The summed E-state index contributed by atoms with van der Waals surface area (Å²) in [5, 5.41) is 6.28. The lowest BCUT2D eigenvalue weighted by Gasteiger charge is -2.19. The molecule has 0 atom stereocenters. The number of ether oxygens (including phenoxy) is 6. The SMILES string of the molecule is CCCCOc1cc2c(cc1OC)c1cc(OC)c(OCCCC)cc1c1cc(OCCCC)c(OC)cc21. The summed E-state index contributed by atoms with van der Waals surface area (Å²) in [5.74, 6) is 4.30. The van der Waals surface area contributed by atoms with Crippen molar-refractivity contribution in [2.45, 2.75) is 59.3 Å². The van der Waals surface area contributed by atoms with Gasteiger partial charge in [-0.25, -0.2) is 0 Å². The average molecular weight is 535 g/mol. The summed E-state index contributed by atoms with van der Waals surface area (Å²) in [7, 11) is 5.05. The van der Waals surface area contributed by atoms with Crippen LogP contribution in [0.3, 0.4) is 0 Å². The molecule has 6 nitrogen and oxygen atoms in total. The number of hydrogen-bond acceptors (Lipinski definition) is 6. The van der Waals surface area contributed by atoms with Gasteiger partial charge in [0, 0.05) is 0 Å². The van der Waals surface area contributed by atoms with Gasteiger partial charge in [-0.15, -0.1) is 0 Å². The minimum absolute atomic E-state index is 0.634. The quantitative estimate of drug-likeness (QED) is 0.112. The van der Waals surface area contributed by atoms with Crippen LogP contribution in [0.2, 0.25) is 0 Å². The van der Waals surface area contributed by atoms with Crippen molar-refractivity contribution in [1.82, 2.24) is 0 Å². The van der Waals surface area contributed by atoms with Gasteiger partial charge in [0.1, 0.15) is 0 Å². The molecule has 0 radical (unpaired) electrons. The maximum Gasteiger partial charge on any atom is 0.161 e. The molecular formula is C33H42O6. The fraction of sp³-hybridized carbons (Fsp3) is 0.455. The van der Waals surface area contributed by atoms with Crippen molar-refractivity contribution in [3.8, 4) is 34.5 Å². The van der Waals surface area contributed by atoms with E-state index >= 15 is 0 Å². The van der Waals surface area contributed by atoms with Gasteiger partial charge in [-0.1, -0.05) is 40.0 Å². The first-order valence-electron chi connectivity index (χ1n) is 14.2. The second kappa shape index (κ2) is 13.5. The van der Waals surface area contributed by atoms with Gasteiger partial charge in [-0.3, -0.25) is 0 Å². The molecule has 0 bridgehead atoms. The predicted molar refractivity (Wildman–Crippen MR) is 160 cm³/mol. The summed E-state index contributed by atoms with van der Waals surface area (Å²) < 4.78 is 35.9. The summed E-state index contributed by atoms with van der Waals surface area (Å²) in [5.41, 5.74) is 0. The third-order valence-corrected chi connectivity index (χ3v) is 7.05. The molecule has 39 heavy (non-hydrogen) atoms. The average Bonchev–Trinajstić information content (AvgIpc) is 2.96. The number of benzene rings is 4. The lowest BCUT2D eigenvalue weighted by Crippen LogP contribution is -2.01. The summed E-state index contributed by atoms with van der Waals surface area (Å²) in [4.78, 5) is 0. The summed E-state index contributed by atoms with van der Waals surface area (Å²) in [6.45, 7) is 8.37. The van der Waals surface area contributed by atoms with E-state index in [4.69, 9.17) is 28.4 Å². The molecule has 0 aromatic heterocycles. The molecule has 4 rings (SSSR count). The highest BCUT2D eigenvalue weighted by molar-refractivity contribution is 6.26. The molecule has 0 aliphatic heterocycles. The van der Waals surface area contributed by atoms with Gasteiger partial charge >= 0.3 is 0 Å². The second-order valence-electron chi connectivity index (χ2n) is 9.75. The van der Waals surface area contributed by atoms with Crippen LogP contribution in [-0.4, -0.2) is 41.2 Å². The van der Waals surface area contributed by atoms with Crippen molar-refractivity contribution >= 4 is 32.3 Å². The molecule has 6 heteroatoms. The van der Waals surface area contributed by atoms with Crippen LogP contribution in [0.5, 0.6) is 34.5 Å². The Bertz CT molecular complexity index is 1410. The van der Waals surface area contributed by atoms with E-state index in [1.165, 1.54) is 0 Å². The number of hydrogen-bond donors (Lipinski definition) is 0. The molecule has 0 N–H and O–H groups in total. The smallest absolute Gasteiger partial charge is 0.161 e. The Hall–Kier alpha value is -3.54. The van der Waals surface area contributed by atoms with Gasteiger partial charge in [-0.2, -0.15) is 0 Å². The van der Waals surface area contributed by atoms with Crippen LogP contribution in [-0.2, 0) is 0 Å². The van der Waals surface area contributed by atoms with Crippen LogP contribution in [0.15, 0.2) is 36.4 Å². The van der Waals surface area contributed by atoms with E-state index in [1.54, 1.807) is 21.3 Å². The van der Waals surface area contributed by atoms with Crippen molar-refractivity contribution in [3.63, 3.8) is 0 Å². The van der Waals surface area contributed by atoms with Gasteiger partial charge in [0.2, 0.25) is 0 Å². The van der Waals surface area contributed by atoms with Gasteiger partial charge in [-0.05, 0) is 88.0 Å². The van der Waals surface area contributed by atoms with Gasteiger partial charge in [0.15, 0.2) is 34.5 Å². The van der Waals surface area contributed by atoms with Crippen LogP contribution in [0.1, 0.15) is 59.3 Å². The van der Waals surface area contributed by atoms with Gasteiger partial charge in [0.25, 0.3) is 0 Å². The lowest BCUT2D eigenvalue weighted by molar-refractivity contribution is 0.288. The second-order valence-corrected chi connectivity index (χ2v) is 9.75. The molecule has 210 valence electrons. The van der Waals surface area contributed by atoms with Crippen molar-refractivity contribution in [3.05, 3.63) is 36.4 Å². The minimum Gasteiger partial charge on any atom is -0.493 e. The molecular weight excluding hydrogens is 492 g/mol. The Morgan fingerprint density at radius 2 is 0.615 bits per heavy atom. The first-order chi connectivity index (χ1) is 19.1. The maximum atomic E-state index is 6.19. The lowest BCUT2D eigenvalue weighted by atomic mass is 9.93. The van der Waals surface area contributed by atoms with E-state index in [1.807, 2.05) is 0 Å². The highest BCUT2D eigenvalue weighted by Crippen LogP contribution is 2.46. The largest absolute Gasteiger partial charge is 0.493 e. The third kappa shape index (κ3) is 6.05. The number of fused-ring (bicyclic) bond motifs is 6. The Kier molecular flexibility index (Phi) is 9.85. The van der Waals surface area contributed by atoms with Crippen LogP contribution >= 0.6 is 0 Å².